The molecule has 1 saturated heterocycles. The number of nitrogens with one attached hydrogen (secondary N) is 2. The largest absolute Gasteiger partial charge is 0.376 e. The van der Waals surface area contributed by atoms with Gasteiger partial charge in [-0.25, -0.2) is 8.78 Å². The van der Waals surface area contributed by atoms with Crippen molar-refractivity contribution in [1.29, 1.82) is 0 Å². The molecule has 2 rings (SSSR count). The molecule has 6 heteroatoms. The summed E-state index contributed by atoms with van der Waals surface area (Å²) >= 11 is 0. The number of hydrogen-bond acceptors (Lipinski definition) is 3. The van der Waals surface area contributed by atoms with E-state index in [-0.39, 0.29) is 18.6 Å². The maximum absolute atomic E-state index is 12.9. The lowest BCUT2D eigenvalue weighted by Crippen LogP contribution is -2.35. The van der Waals surface area contributed by atoms with Crippen molar-refractivity contribution in [2.75, 3.05) is 25.0 Å². The third-order valence-electron chi connectivity index (χ3n) is 2.92. The lowest BCUT2D eigenvalue weighted by atomic mass is 10.2. The van der Waals surface area contributed by atoms with Crippen molar-refractivity contribution < 1.29 is 18.3 Å². The monoisotopic (exact) mass is 270 g/mol. The van der Waals surface area contributed by atoms with Crippen LogP contribution in [-0.4, -0.2) is 31.7 Å². The Balaban J connectivity index is 1.71. The van der Waals surface area contributed by atoms with E-state index in [1.165, 1.54) is 6.07 Å². The summed E-state index contributed by atoms with van der Waals surface area (Å²) in [6.07, 6.45) is 2.07. The molecular weight excluding hydrogens is 254 g/mol. The van der Waals surface area contributed by atoms with Crippen LogP contribution in [0, 0.1) is 11.6 Å². The summed E-state index contributed by atoms with van der Waals surface area (Å²) in [5.41, 5.74) is 0.367. The van der Waals surface area contributed by atoms with Gasteiger partial charge in [-0.2, -0.15) is 0 Å². The quantitative estimate of drug-likeness (QED) is 0.855. The van der Waals surface area contributed by atoms with Crippen LogP contribution in [0.1, 0.15) is 12.8 Å². The molecule has 0 radical (unpaired) electrons. The summed E-state index contributed by atoms with van der Waals surface area (Å²) in [6.45, 7) is 1.24. The number of halogens is 2. The summed E-state index contributed by atoms with van der Waals surface area (Å²) in [5.74, 6) is -2.06. The van der Waals surface area contributed by atoms with Crippen LogP contribution in [-0.2, 0) is 9.53 Å². The first-order chi connectivity index (χ1) is 9.15. The van der Waals surface area contributed by atoms with Crippen molar-refractivity contribution in [3.8, 4) is 0 Å². The van der Waals surface area contributed by atoms with E-state index in [1.54, 1.807) is 0 Å². The summed E-state index contributed by atoms with van der Waals surface area (Å²) in [6, 6.07) is 3.41. The fourth-order valence-corrected chi connectivity index (χ4v) is 1.88. The molecule has 0 bridgehead atoms. The van der Waals surface area contributed by atoms with E-state index in [9.17, 15) is 13.6 Å². The van der Waals surface area contributed by atoms with Gasteiger partial charge in [0.15, 0.2) is 11.6 Å². The zero-order chi connectivity index (χ0) is 13.7. The van der Waals surface area contributed by atoms with Crippen molar-refractivity contribution in [2.45, 2.75) is 18.9 Å². The predicted molar refractivity (Wildman–Crippen MR) is 66.8 cm³/mol. The van der Waals surface area contributed by atoms with Crippen molar-refractivity contribution in [3.05, 3.63) is 29.8 Å². The highest BCUT2D eigenvalue weighted by molar-refractivity contribution is 5.80. The fraction of sp³-hybridized carbons (Fsp3) is 0.462. The average molecular weight is 270 g/mol. The van der Waals surface area contributed by atoms with Crippen LogP contribution in [0.5, 0.6) is 0 Å². The van der Waals surface area contributed by atoms with Gasteiger partial charge in [0.2, 0.25) is 5.91 Å². The standard InChI is InChI=1S/C13H16F2N2O2/c14-11-4-3-9(6-12(11)15)16-8-13(18)17-7-10-2-1-5-19-10/h3-4,6,10,16H,1-2,5,7-8H2,(H,17,18). The molecule has 1 aromatic rings. The second-order valence-corrected chi connectivity index (χ2v) is 4.42. The van der Waals surface area contributed by atoms with Crippen LogP contribution in [0.25, 0.3) is 0 Å². The molecule has 1 aliphatic heterocycles. The van der Waals surface area contributed by atoms with E-state index in [0.717, 1.165) is 31.6 Å². The summed E-state index contributed by atoms with van der Waals surface area (Å²) < 4.78 is 31.0. The molecule has 0 aromatic heterocycles. The fourth-order valence-electron chi connectivity index (χ4n) is 1.88. The Bertz CT molecular complexity index is 448. The van der Waals surface area contributed by atoms with E-state index in [1.807, 2.05) is 0 Å². The van der Waals surface area contributed by atoms with Crippen LogP contribution in [0.3, 0.4) is 0 Å². The number of carbonyl (C=O) groups is 1. The molecule has 2 N–H and O–H groups in total. The van der Waals surface area contributed by atoms with Crippen molar-refractivity contribution in [1.82, 2.24) is 5.32 Å². The lowest BCUT2D eigenvalue weighted by Gasteiger charge is -2.11. The Morgan fingerprint density at radius 1 is 1.37 bits per heavy atom. The maximum Gasteiger partial charge on any atom is 0.239 e. The SMILES string of the molecule is O=C(CNc1ccc(F)c(F)c1)NCC1CCCO1. The van der Waals surface area contributed by atoms with E-state index >= 15 is 0 Å². The van der Waals surface area contributed by atoms with Crippen molar-refractivity contribution in [3.63, 3.8) is 0 Å². The Morgan fingerprint density at radius 3 is 2.89 bits per heavy atom. The average Bonchev–Trinajstić information content (AvgIpc) is 2.91. The van der Waals surface area contributed by atoms with Gasteiger partial charge in [-0.3, -0.25) is 4.79 Å². The highest BCUT2D eigenvalue weighted by Crippen LogP contribution is 2.13. The molecule has 1 fully saturated rings. The molecule has 1 aliphatic rings. The van der Waals surface area contributed by atoms with Crippen LogP contribution < -0.4 is 10.6 Å². The number of carbonyl (C=O) groups excluding carboxylic acids is 1. The topological polar surface area (TPSA) is 50.4 Å². The van der Waals surface area contributed by atoms with Crippen LogP contribution >= 0.6 is 0 Å². The first-order valence-electron chi connectivity index (χ1n) is 6.22. The molecular formula is C13H16F2N2O2. The Morgan fingerprint density at radius 2 is 2.21 bits per heavy atom. The summed E-state index contributed by atoms with van der Waals surface area (Å²) in [7, 11) is 0. The second kappa shape index (κ2) is 6.47. The van der Waals surface area contributed by atoms with E-state index in [0.29, 0.717) is 12.2 Å². The number of benzene rings is 1. The minimum atomic E-state index is -0.940. The zero-order valence-corrected chi connectivity index (χ0v) is 10.4. The third-order valence-corrected chi connectivity index (χ3v) is 2.92. The number of amides is 1. The van der Waals surface area contributed by atoms with Gasteiger partial charge in [0.05, 0.1) is 12.6 Å². The minimum absolute atomic E-state index is 0.0117. The van der Waals surface area contributed by atoms with Gasteiger partial charge < -0.3 is 15.4 Å². The zero-order valence-electron chi connectivity index (χ0n) is 10.4. The van der Waals surface area contributed by atoms with Crippen LogP contribution in [0.2, 0.25) is 0 Å². The van der Waals surface area contributed by atoms with E-state index in [2.05, 4.69) is 10.6 Å². The molecule has 0 saturated carbocycles. The first kappa shape index (κ1) is 13.7. The normalized spacial score (nSPS) is 18.3. The highest BCUT2D eigenvalue weighted by atomic mass is 19.2. The Hall–Kier alpha value is -1.69. The lowest BCUT2D eigenvalue weighted by molar-refractivity contribution is -0.119. The number of anilines is 1. The number of hydrogen-bond donors (Lipinski definition) is 2. The van der Waals surface area contributed by atoms with Gasteiger partial charge in [-0.1, -0.05) is 0 Å². The second-order valence-electron chi connectivity index (χ2n) is 4.42. The van der Waals surface area contributed by atoms with Gasteiger partial charge in [0, 0.05) is 24.9 Å². The molecule has 104 valence electrons. The van der Waals surface area contributed by atoms with Gasteiger partial charge in [0.25, 0.3) is 0 Å². The predicted octanol–water partition coefficient (Wildman–Crippen LogP) is 1.67. The van der Waals surface area contributed by atoms with Crippen LogP contribution in [0.15, 0.2) is 18.2 Å². The maximum atomic E-state index is 12.9. The van der Waals surface area contributed by atoms with Crippen molar-refractivity contribution >= 4 is 11.6 Å². The molecule has 19 heavy (non-hydrogen) atoms. The van der Waals surface area contributed by atoms with Gasteiger partial charge >= 0.3 is 0 Å². The molecule has 1 heterocycles. The molecule has 1 unspecified atom stereocenters. The molecule has 1 atom stereocenters. The third kappa shape index (κ3) is 4.17. The Kier molecular flexibility index (Phi) is 4.68. The minimum Gasteiger partial charge on any atom is -0.376 e. The molecule has 0 aliphatic carbocycles. The van der Waals surface area contributed by atoms with Crippen LogP contribution in [0.4, 0.5) is 14.5 Å². The summed E-state index contributed by atoms with van der Waals surface area (Å²) in [4.78, 5) is 11.5. The number of rotatable bonds is 5. The first-order valence-corrected chi connectivity index (χ1v) is 6.22. The van der Waals surface area contributed by atoms with Gasteiger partial charge in [-0.15, -0.1) is 0 Å². The molecule has 1 amide bonds. The smallest absolute Gasteiger partial charge is 0.239 e. The molecule has 4 nitrogen and oxygen atoms in total. The Labute approximate surface area is 110 Å². The van der Waals surface area contributed by atoms with Gasteiger partial charge in [0.1, 0.15) is 0 Å². The van der Waals surface area contributed by atoms with E-state index < -0.39 is 11.6 Å². The highest BCUT2D eigenvalue weighted by Gasteiger charge is 2.15. The molecule has 0 spiro atoms. The molecule has 1 aromatic carbocycles. The number of ether oxygens (including phenoxy) is 1. The summed E-state index contributed by atoms with van der Waals surface area (Å²) in [5, 5.41) is 5.45. The van der Waals surface area contributed by atoms with Crippen molar-refractivity contribution in [2.24, 2.45) is 0 Å². The van der Waals surface area contributed by atoms with Gasteiger partial charge in [-0.05, 0) is 25.0 Å². The van der Waals surface area contributed by atoms with E-state index in [4.69, 9.17) is 4.74 Å².